The largest absolute Gasteiger partial charge is 0.0651 e. The highest BCUT2D eigenvalue weighted by Crippen LogP contribution is 2.62. The minimum Gasteiger partial charge on any atom is -0.0651 e. The lowest BCUT2D eigenvalue weighted by Crippen LogP contribution is -2.53. The van der Waals surface area contributed by atoms with Crippen molar-refractivity contribution in [2.24, 2.45) is 35.5 Å². The maximum absolute atomic E-state index is 2.47. The lowest BCUT2D eigenvalue weighted by Gasteiger charge is -2.61. The summed E-state index contributed by atoms with van der Waals surface area (Å²) in [4.78, 5) is 0. The fourth-order valence-electron chi connectivity index (χ4n) is 4.65. The summed E-state index contributed by atoms with van der Waals surface area (Å²) in [7, 11) is 0. The molecule has 3 saturated carbocycles. The third-order valence-electron chi connectivity index (χ3n) is 5.56. The second kappa shape index (κ2) is 2.74. The average molecular weight is 178 g/mol. The molecule has 6 atom stereocenters. The first-order valence-electron chi connectivity index (χ1n) is 6.31. The van der Waals surface area contributed by atoms with E-state index in [1.165, 1.54) is 24.2 Å². The van der Waals surface area contributed by atoms with Crippen LogP contribution in [0.25, 0.3) is 0 Å². The second-order valence-corrected chi connectivity index (χ2v) is 5.85. The number of hydrogen-bond acceptors (Lipinski definition) is 0. The van der Waals surface area contributed by atoms with Crippen LogP contribution in [-0.4, -0.2) is 0 Å². The molecule has 74 valence electrons. The van der Waals surface area contributed by atoms with Crippen LogP contribution in [0, 0.1) is 35.5 Å². The van der Waals surface area contributed by atoms with Crippen LogP contribution in [0.4, 0.5) is 0 Å². The Morgan fingerprint density at radius 3 is 2.31 bits per heavy atom. The van der Waals surface area contributed by atoms with E-state index in [4.69, 9.17) is 0 Å². The van der Waals surface area contributed by atoms with Crippen LogP contribution in [0.15, 0.2) is 0 Å². The molecule has 0 heterocycles. The molecule has 0 aromatic heterocycles. The molecule has 0 heteroatoms. The SMILES string of the molecule is CCC1CC2C1CCC1C(C)CC12. The van der Waals surface area contributed by atoms with Gasteiger partial charge >= 0.3 is 0 Å². The molecule has 0 aromatic carbocycles. The van der Waals surface area contributed by atoms with Crippen molar-refractivity contribution in [3.63, 3.8) is 0 Å². The quantitative estimate of drug-likeness (QED) is 0.574. The summed E-state index contributed by atoms with van der Waals surface area (Å²) in [6, 6.07) is 0. The molecule has 0 bridgehead atoms. The van der Waals surface area contributed by atoms with Crippen molar-refractivity contribution in [3.05, 3.63) is 0 Å². The van der Waals surface area contributed by atoms with Gasteiger partial charge in [0.2, 0.25) is 0 Å². The standard InChI is InChI=1S/C13H22/c1-3-9-7-13-11(9)5-4-10-8(2)6-12(10)13/h8-13H,3-7H2,1-2H3. The first kappa shape index (κ1) is 8.32. The number of fused-ring (bicyclic) bond motifs is 3. The molecule has 0 saturated heterocycles. The maximum atomic E-state index is 2.47. The molecule has 0 N–H and O–H groups in total. The predicted molar refractivity (Wildman–Crippen MR) is 55.4 cm³/mol. The summed E-state index contributed by atoms with van der Waals surface area (Å²) in [6.45, 7) is 4.85. The van der Waals surface area contributed by atoms with E-state index in [2.05, 4.69) is 13.8 Å². The smallest absolute Gasteiger partial charge is 0.0349 e. The third kappa shape index (κ3) is 0.980. The molecule has 0 amide bonds. The van der Waals surface area contributed by atoms with Gasteiger partial charge in [0.05, 0.1) is 0 Å². The summed E-state index contributed by atoms with van der Waals surface area (Å²) in [5, 5.41) is 0. The van der Waals surface area contributed by atoms with Gasteiger partial charge in [0.15, 0.2) is 0 Å². The van der Waals surface area contributed by atoms with Crippen molar-refractivity contribution in [2.45, 2.75) is 46.0 Å². The van der Waals surface area contributed by atoms with Crippen molar-refractivity contribution in [2.75, 3.05) is 0 Å². The summed E-state index contributed by atoms with van der Waals surface area (Å²) >= 11 is 0. The first-order valence-corrected chi connectivity index (χ1v) is 6.31. The minimum absolute atomic E-state index is 1.08. The Morgan fingerprint density at radius 1 is 0.923 bits per heavy atom. The Hall–Kier alpha value is 0. The fraction of sp³-hybridized carbons (Fsp3) is 1.00. The van der Waals surface area contributed by atoms with Crippen LogP contribution in [0.3, 0.4) is 0 Å². The molecule has 13 heavy (non-hydrogen) atoms. The van der Waals surface area contributed by atoms with Crippen molar-refractivity contribution in [1.29, 1.82) is 0 Å². The highest BCUT2D eigenvalue weighted by atomic mass is 14.6. The molecule has 3 aliphatic rings. The monoisotopic (exact) mass is 178 g/mol. The Morgan fingerprint density at radius 2 is 1.62 bits per heavy atom. The number of rotatable bonds is 1. The van der Waals surface area contributed by atoms with E-state index in [0.29, 0.717) is 0 Å². The molecule has 0 spiro atoms. The maximum Gasteiger partial charge on any atom is -0.0349 e. The predicted octanol–water partition coefficient (Wildman–Crippen LogP) is 3.71. The van der Waals surface area contributed by atoms with Crippen molar-refractivity contribution in [1.82, 2.24) is 0 Å². The zero-order valence-electron chi connectivity index (χ0n) is 9.00. The van der Waals surface area contributed by atoms with E-state index in [1.807, 2.05) is 0 Å². The van der Waals surface area contributed by atoms with Crippen LogP contribution in [0.1, 0.15) is 46.0 Å². The molecule has 0 aromatic rings. The first-order chi connectivity index (χ1) is 6.31. The van der Waals surface area contributed by atoms with E-state index in [1.54, 1.807) is 25.7 Å². The van der Waals surface area contributed by atoms with E-state index in [0.717, 1.165) is 17.8 Å². The van der Waals surface area contributed by atoms with Gasteiger partial charge in [0, 0.05) is 0 Å². The normalized spacial score (nSPS) is 58.6. The van der Waals surface area contributed by atoms with Crippen LogP contribution in [-0.2, 0) is 0 Å². The van der Waals surface area contributed by atoms with Gasteiger partial charge in [-0.05, 0) is 61.2 Å². The highest BCUT2D eigenvalue weighted by Gasteiger charge is 2.54. The van der Waals surface area contributed by atoms with Gasteiger partial charge in [-0.2, -0.15) is 0 Å². The fourth-order valence-corrected chi connectivity index (χ4v) is 4.65. The third-order valence-corrected chi connectivity index (χ3v) is 5.56. The van der Waals surface area contributed by atoms with Gasteiger partial charge in [-0.1, -0.05) is 20.3 Å². The second-order valence-electron chi connectivity index (χ2n) is 5.85. The van der Waals surface area contributed by atoms with E-state index in [9.17, 15) is 0 Å². The van der Waals surface area contributed by atoms with Gasteiger partial charge in [-0.15, -0.1) is 0 Å². The van der Waals surface area contributed by atoms with E-state index < -0.39 is 0 Å². The van der Waals surface area contributed by atoms with Gasteiger partial charge in [0.25, 0.3) is 0 Å². The van der Waals surface area contributed by atoms with Crippen LogP contribution < -0.4 is 0 Å². The van der Waals surface area contributed by atoms with Crippen LogP contribution in [0.2, 0.25) is 0 Å². The molecular weight excluding hydrogens is 156 g/mol. The Kier molecular flexibility index (Phi) is 1.76. The molecule has 0 nitrogen and oxygen atoms in total. The van der Waals surface area contributed by atoms with Gasteiger partial charge in [-0.25, -0.2) is 0 Å². The number of hydrogen-bond donors (Lipinski definition) is 0. The zero-order valence-corrected chi connectivity index (χ0v) is 9.00. The Balaban J connectivity index is 1.68. The molecule has 0 radical (unpaired) electrons. The van der Waals surface area contributed by atoms with E-state index in [-0.39, 0.29) is 0 Å². The van der Waals surface area contributed by atoms with Gasteiger partial charge < -0.3 is 0 Å². The summed E-state index contributed by atoms with van der Waals surface area (Å²) in [6.07, 6.45) is 7.77. The summed E-state index contributed by atoms with van der Waals surface area (Å²) < 4.78 is 0. The van der Waals surface area contributed by atoms with Crippen LogP contribution in [0.5, 0.6) is 0 Å². The molecule has 0 aliphatic heterocycles. The molecule has 3 rings (SSSR count). The van der Waals surface area contributed by atoms with Gasteiger partial charge in [0.1, 0.15) is 0 Å². The van der Waals surface area contributed by atoms with Crippen LogP contribution >= 0.6 is 0 Å². The lowest BCUT2D eigenvalue weighted by molar-refractivity contribution is -0.116. The minimum atomic E-state index is 1.08. The Bertz CT molecular complexity index is 206. The van der Waals surface area contributed by atoms with Crippen molar-refractivity contribution >= 4 is 0 Å². The van der Waals surface area contributed by atoms with E-state index >= 15 is 0 Å². The molecular formula is C13H22. The van der Waals surface area contributed by atoms with Crippen molar-refractivity contribution < 1.29 is 0 Å². The summed E-state index contributed by atoms with van der Waals surface area (Å²) in [5.41, 5.74) is 0. The lowest BCUT2D eigenvalue weighted by atomic mass is 9.44. The topological polar surface area (TPSA) is 0 Å². The Labute approximate surface area is 82.1 Å². The van der Waals surface area contributed by atoms with Gasteiger partial charge in [-0.3, -0.25) is 0 Å². The molecule has 3 aliphatic carbocycles. The highest BCUT2D eigenvalue weighted by molar-refractivity contribution is 5.03. The summed E-state index contributed by atoms with van der Waals surface area (Å²) in [5.74, 6) is 6.88. The van der Waals surface area contributed by atoms with Crippen molar-refractivity contribution in [3.8, 4) is 0 Å². The molecule has 6 unspecified atom stereocenters. The average Bonchev–Trinajstić information content (AvgIpc) is 2.08. The molecule has 3 fully saturated rings. The zero-order chi connectivity index (χ0) is 9.00.